The van der Waals surface area contributed by atoms with E-state index in [4.69, 9.17) is 4.98 Å². The van der Waals surface area contributed by atoms with Crippen LogP contribution in [0.4, 0.5) is 0 Å². The van der Waals surface area contributed by atoms with Crippen molar-refractivity contribution in [1.29, 1.82) is 0 Å². The van der Waals surface area contributed by atoms with Gasteiger partial charge in [-0.25, -0.2) is 4.98 Å². The van der Waals surface area contributed by atoms with Gasteiger partial charge in [-0.15, -0.1) is 11.3 Å². The number of nitrogens with zero attached hydrogens (tertiary/aromatic N) is 1. The first-order chi connectivity index (χ1) is 8.42. The number of rotatable bonds is 1. The molecular formula is C14H14N2S. The molecule has 3 heteroatoms. The summed E-state index contributed by atoms with van der Waals surface area (Å²) in [6.45, 7) is 1.13. The van der Waals surface area contributed by atoms with Crippen LogP contribution in [-0.4, -0.2) is 11.5 Å². The maximum absolute atomic E-state index is 4.77. The molecule has 17 heavy (non-hydrogen) atoms. The van der Waals surface area contributed by atoms with E-state index in [-0.39, 0.29) is 0 Å². The normalized spacial score (nSPS) is 27.4. The summed E-state index contributed by atoms with van der Waals surface area (Å²) < 4.78 is 1.30. The molecule has 0 spiro atoms. The summed E-state index contributed by atoms with van der Waals surface area (Å²) in [7, 11) is 0. The molecule has 1 saturated heterocycles. The Morgan fingerprint density at radius 2 is 2.24 bits per heavy atom. The molecule has 1 fully saturated rings. The first-order valence-electron chi connectivity index (χ1n) is 6.20. The second-order valence-electron chi connectivity index (χ2n) is 4.84. The molecule has 2 aliphatic rings. The molecular weight excluding hydrogens is 228 g/mol. The first kappa shape index (κ1) is 9.80. The summed E-state index contributed by atoms with van der Waals surface area (Å²) >= 11 is 1.83. The lowest BCUT2D eigenvalue weighted by molar-refractivity contribution is 0.620. The van der Waals surface area contributed by atoms with Crippen LogP contribution in [0.15, 0.2) is 35.9 Å². The van der Waals surface area contributed by atoms with Gasteiger partial charge in [-0.2, -0.15) is 0 Å². The summed E-state index contributed by atoms with van der Waals surface area (Å²) in [4.78, 5) is 4.77. The molecule has 2 heterocycles. The van der Waals surface area contributed by atoms with E-state index in [1.165, 1.54) is 22.5 Å². The van der Waals surface area contributed by atoms with Crippen molar-refractivity contribution in [3.05, 3.63) is 40.9 Å². The molecule has 0 saturated carbocycles. The van der Waals surface area contributed by atoms with Gasteiger partial charge in [0.2, 0.25) is 0 Å². The largest absolute Gasteiger partial charge is 0.304 e. The van der Waals surface area contributed by atoms with Crippen LogP contribution in [0, 0.1) is 5.92 Å². The fourth-order valence-electron chi connectivity index (χ4n) is 2.98. The number of thiazole rings is 1. The number of para-hydroxylation sites is 1. The van der Waals surface area contributed by atoms with Gasteiger partial charge in [-0.1, -0.05) is 18.2 Å². The number of benzene rings is 1. The van der Waals surface area contributed by atoms with Crippen molar-refractivity contribution in [3.8, 4) is 0 Å². The van der Waals surface area contributed by atoms with Gasteiger partial charge >= 0.3 is 0 Å². The fourth-order valence-corrected chi connectivity index (χ4v) is 4.05. The van der Waals surface area contributed by atoms with Crippen molar-refractivity contribution in [2.75, 3.05) is 6.54 Å². The average molecular weight is 242 g/mol. The van der Waals surface area contributed by atoms with Crippen molar-refractivity contribution in [3.63, 3.8) is 0 Å². The Labute approximate surface area is 104 Å². The standard InChI is InChI=1S/C14H14N2S/c1-2-7-12-11(6-1)16-14(17-12)13-10-5-3-4-9(10)8-15-13/h1-2,5-7,9,13,15H,3-4,8H2. The van der Waals surface area contributed by atoms with Crippen LogP contribution in [0.5, 0.6) is 0 Å². The minimum atomic E-state index is 0.389. The Morgan fingerprint density at radius 3 is 3.18 bits per heavy atom. The molecule has 0 radical (unpaired) electrons. The lowest BCUT2D eigenvalue weighted by Gasteiger charge is -2.08. The molecule has 1 aliphatic carbocycles. The number of fused-ring (bicyclic) bond motifs is 2. The van der Waals surface area contributed by atoms with E-state index in [1.807, 2.05) is 11.3 Å². The Kier molecular flexibility index (Phi) is 2.11. The van der Waals surface area contributed by atoms with Crippen LogP contribution in [-0.2, 0) is 0 Å². The van der Waals surface area contributed by atoms with Gasteiger partial charge in [0.15, 0.2) is 0 Å². The molecule has 0 amide bonds. The van der Waals surface area contributed by atoms with Crippen LogP contribution in [0.1, 0.15) is 23.9 Å². The summed E-state index contributed by atoms with van der Waals surface area (Å²) in [5.74, 6) is 0.770. The lowest BCUT2D eigenvalue weighted by Crippen LogP contribution is -2.14. The molecule has 1 aliphatic heterocycles. The molecule has 1 aromatic heterocycles. The molecule has 2 atom stereocenters. The van der Waals surface area contributed by atoms with E-state index in [9.17, 15) is 0 Å². The Bertz CT molecular complexity index is 566. The van der Waals surface area contributed by atoms with Gasteiger partial charge in [-0.05, 0) is 36.5 Å². The number of hydrogen-bond acceptors (Lipinski definition) is 3. The predicted molar refractivity (Wildman–Crippen MR) is 71.2 cm³/mol. The lowest BCUT2D eigenvalue weighted by atomic mass is 10.0. The van der Waals surface area contributed by atoms with Gasteiger partial charge < -0.3 is 5.32 Å². The zero-order chi connectivity index (χ0) is 11.2. The highest BCUT2D eigenvalue weighted by atomic mass is 32.1. The molecule has 2 aromatic rings. The summed E-state index contributed by atoms with van der Waals surface area (Å²) in [6, 6.07) is 8.80. The van der Waals surface area contributed by atoms with Crippen LogP contribution in [0.2, 0.25) is 0 Å². The van der Waals surface area contributed by atoms with Gasteiger partial charge in [0.1, 0.15) is 5.01 Å². The molecule has 1 N–H and O–H groups in total. The van der Waals surface area contributed by atoms with Crippen LogP contribution in [0.25, 0.3) is 10.2 Å². The highest BCUT2D eigenvalue weighted by Crippen LogP contribution is 2.41. The topological polar surface area (TPSA) is 24.9 Å². The zero-order valence-electron chi connectivity index (χ0n) is 9.52. The quantitative estimate of drug-likeness (QED) is 0.776. The van der Waals surface area contributed by atoms with Crippen molar-refractivity contribution in [2.24, 2.45) is 5.92 Å². The van der Waals surface area contributed by atoms with Crippen LogP contribution < -0.4 is 5.32 Å². The monoisotopic (exact) mass is 242 g/mol. The maximum atomic E-state index is 4.77. The van der Waals surface area contributed by atoms with Crippen LogP contribution >= 0.6 is 11.3 Å². The molecule has 4 rings (SSSR count). The van der Waals surface area contributed by atoms with Gasteiger partial charge in [0, 0.05) is 6.54 Å². The van der Waals surface area contributed by atoms with Gasteiger partial charge in [0.05, 0.1) is 16.3 Å². The average Bonchev–Trinajstić information content (AvgIpc) is 3.02. The van der Waals surface area contributed by atoms with E-state index in [2.05, 4.69) is 35.7 Å². The van der Waals surface area contributed by atoms with E-state index in [1.54, 1.807) is 5.57 Å². The smallest absolute Gasteiger partial charge is 0.115 e. The summed E-state index contributed by atoms with van der Waals surface area (Å²) in [5, 5.41) is 4.85. The first-order valence-corrected chi connectivity index (χ1v) is 7.02. The van der Waals surface area contributed by atoms with Gasteiger partial charge in [-0.3, -0.25) is 0 Å². The third kappa shape index (κ3) is 1.46. The minimum Gasteiger partial charge on any atom is -0.304 e. The van der Waals surface area contributed by atoms with E-state index >= 15 is 0 Å². The molecule has 86 valence electrons. The third-order valence-electron chi connectivity index (χ3n) is 3.83. The highest BCUT2D eigenvalue weighted by molar-refractivity contribution is 7.18. The highest BCUT2D eigenvalue weighted by Gasteiger charge is 2.34. The Morgan fingerprint density at radius 1 is 1.29 bits per heavy atom. The Balaban J connectivity index is 1.79. The third-order valence-corrected chi connectivity index (χ3v) is 4.93. The van der Waals surface area contributed by atoms with Crippen molar-refractivity contribution in [1.82, 2.24) is 10.3 Å². The fraction of sp³-hybridized carbons (Fsp3) is 0.357. The zero-order valence-corrected chi connectivity index (χ0v) is 10.3. The molecule has 1 aromatic carbocycles. The number of hydrogen-bond donors (Lipinski definition) is 1. The minimum absolute atomic E-state index is 0.389. The summed E-state index contributed by atoms with van der Waals surface area (Å²) in [6.07, 6.45) is 4.99. The van der Waals surface area contributed by atoms with Crippen molar-refractivity contribution in [2.45, 2.75) is 18.9 Å². The van der Waals surface area contributed by atoms with E-state index < -0.39 is 0 Å². The SMILES string of the molecule is C1=C2C(CC1)CNC2c1nc2ccccc2s1. The van der Waals surface area contributed by atoms with Gasteiger partial charge in [0.25, 0.3) is 0 Å². The van der Waals surface area contributed by atoms with E-state index in [0.29, 0.717) is 6.04 Å². The second-order valence-corrected chi connectivity index (χ2v) is 5.90. The summed E-state index contributed by atoms with van der Waals surface area (Å²) in [5.41, 5.74) is 2.72. The van der Waals surface area contributed by atoms with Crippen molar-refractivity contribution >= 4 is 21.6 Å². The van der Waals surface area contributed by atoms with Crippen LogP contribution in [0.3, 0.4) is 0 Å². The van der Waals surface area contributed by atoms with E-state index in [0.717, 1.165) is 18.0 Å². The maximum Gasteiger partial charge on any atom is 0.115 e. The second kappa shape index (κ2) is 3.65. The number of allylic oxidation sites excluding steroid dienone is 1. The molecule has 2 unspecified atom stereocenters. The molecule has 0 bridgehead atoms. The van der Waals surface area contributed by atoms with Crippen molar-refractivity contribution < 1.29 is 0 Å². The number of nitrogens with one attached hydrogen (secondary N) is 1. The number of aromatic nitrogens is 1. The molecule has 2 nitrogen and oxygen atoms in total. The predicted octanol–water partition coefficient (Wildman–Crippen LogP) is 3.28. The Hall–Kier alpha value is -1.19.